The molecule has 2 heterocycles. The third-order valence-corrected chi connectivity index (χ3v) is 19.6. The van der Waals surface area contributed by atoms with Gasteiger partial charge in [0, 0.05) is 65.8 Å². The number of para-hydroxylation sites is 2. The van der Waals surface area contributed by atoms with Crippen LogP contribution < -0.4 is 4.90 Å². The van der Waals surface area contributed by atoms with Crippen LogP contribution in [-0.4, -0.2) is 0 Å². The van der Waals surface area contributed by atoms with Gasteiger partial charge in [-0.1, -0.05) is 185 Å². The molecule has 12 aromatic rings. The summed E-state index contributed by atoms with van der Waals surface area (Å²) in [7, 11) is 0. The zero-order chi connectivity index (χ0) is 54.0. The Hall–Kier alpha value is -8.40. The van der Waals surface area contributed by atoms with Crippen molar-refractivity contribution in [2.75, 3.05) is 4.90 Å². The Labute approximate surface area is 463 Å². The van der Waals surface area contributed by atoms with E-state index in [0.29, 0.717) is 0 Å². The van der Waals surface area contributed by atoms with Gasteiger partial charge in [-0.25, -0.2) is 0 Å². The van der Waals surface area contributed by atoms with Gasteiger partial charge in [-0.15, -0.1) is 0 Å². The van der Waals surface area contributed by atoms with Crippen LogP contribution in [0.15, 0.2) is 191 Å². The van der Waals surface area contributed by atoms with Gasteiger partial charge < -0.3 is 13.7 Å². The predicted molar refractivity (Wildman–Crippen MR) is 330 cm³/mol. The molecule has 0 unspecified atom stereocenters. The number of benzene rings is 10. The molecule has 2 aromatic heterocycles. The summed E-state index contributed by atoms with van der Waals surface area (Å²) in [5.41, 5.74) is 31.2. The highest BCUT2D eigenvalue weighted by Crippen LogP contribution is 2.61. The number of hydrogen-bond acceptors (Lipinski definition) is 3. The quantitative estimate of drug-likeness (QED) is 0.176. The molecule has 79 heavy (non-hydrogen) atoms. The molecule has 384 valence electrons. The summed E-state index contributed by atoms with van der Waals surface area (Å²) in [4.78, 5) is 2.54. The van der Waals surface area contributed by atoms with E-state index in [1.54, 1.807) is 0 Å². The lowest BCUT2D eigenvalue weighted by Crippen LogP contribution is -2.19. The maximum atomic E-state index is 6.94. The first kappa shape index (κ1) is 46.7. The average Bonchev–Trinajstić information content (AvgIpc) is 4.04. The highest BCUT2D eigenvalue weighted by atomic mass is 16.3. The van der Waals surface area contributed by atoms with Crippen LogP contribution in [0.1, 0.15) is 126 Å². The topological polar surface area (TPSA) is 29.5 Å². The average molecular weight is 1020 g/mol. The highest BCUT2D eigenvalue weighted by Gasteiger charge is 2.45. The Morgan fingerprint density at radius 1 is 0.329 bits per heavy atom. The smallest absolute Gasteiger partial charge is 0.143 e. The summed E-state index contributed by atoms with van der Waals surface area (Å²) in [5.74, 6) is 0. The highest BCUT2D eigenvalue weighted by molar-refractivity contribution is 6.19. The molecule has 0 saturated heterocycles. The largest absolute Gasteiger partial charge is 0.456 e. The minimum absolute atomic E-state index is 0.0540. The van der Waals surface area contributed by atoms with E-state index in [1.165, 1.54) is 116 Å². The van der Waals surface area contributed by atoms with Crippen molar-refractivity contribution in [3.05, 3.63) is 232 Å². The molecule has 0 amide bonds. The van der Waals surface area contributed by atoms with E-state index in [4.69, 9.17) is 8.83 Å². The molecule has 0 saturated carbocycles. The molecular weight excluding hydrogens is 959 g/mol. The van der Waals surface area contributed by atoms with Crippen LogP contribution in [0.2, 0.25) is 0 Å². The van der Waals surface area contributed by atoms with Crippen molar-refractivity contribution in [3.8, 4) is 55.6 Å². The van der Waals surface area contributed by atoms with Gasteiger partial charge in [0.1, 0.15) is 22.3 Å². The molecule has 16 rings (SSSR count). The van der Waals surface area contributed by atoms with E-state index in [2.05, 4.69) is 263 Å². The van der Waals surface area contributed by atoms with Gasteiger partial charge in [-0.2, -0.15) is 0 Å². The van der Waals surface area contributed by atoms with Crippen LogP contribution in [0.4, 0.5) is 17.1 Å². The fourth-order valence-electron chi connectivity index (χ4n) is 15.3. The van der Waals surface area contributed by atoms with Crippen molar-refractivity contribution in [3.63, 3.8) is 0 Å². The van der Waals surface area contributed by atoms with Crippen molar-refractivity contribution >= 4 is 60.9 Å². The Balaban J connectivity index is 0.879. The van der Waals surface area contributed by atoms with Crippen LogP contribution in [0.3, 0.4) is 0 Å². The Morgan fingerprint density at radius 2 is 0.797 bits per heavy atom. The third kappa shape index (κ3) is 6.09. The van der Waals surface area contributed by atoms with Crippen molar-refractivity contribution in [1.82, 2.24) is 0 Å². The van der Waals surface area contributed by atoms with Crippen LogP contribution in [0.25, 0.3) is 99.5 Å². The molecule has 3 heteroatoms. The van der Waals surface area contributed by atoms with Crippen LogP contribution in [0.5, 0.6) is 0 Å². The minimum atomic E-state index is -0.330. The molecule has 0 spiro atoms. The first-order chi connectivity index (χ1) is 37.8. The van der Waals surface area contributed by atoms with E-state index in [1.807, 2.05) is 0 Å². The maximum Gasteiger partial charge on any atom is 0.143 e. The molecule has 0 bridgehead atoms. The second kappa shape index (κ2) is 15.2. The molecule has 0 N–H and O–H groups in total. The van der Waals surface area contributed by atoms with Gasteiger partial charge >= 0.3 is 0 Å². The van der Waals surface area contributed by atoms with Gasteiger partial charge in [0.2, 0.25) is 0 Å². The summed E-state index contributed by atoms with van der Waals surface area (Å²) >= 11 is 0. The molecule has 0 atom stereocenters. The Morgan fingerprint density at radius 3 is 1.47 bits per heavy atom. The minimum Gasteiger partial charge on any atom is -0.456 e. The molecule has 10 aromatic carbocycles. The van der Waals surface area contributed by atoms with Crippen molar-refractivity contribution in [2.24, 2.45) is 0 Å². The summed E-state index contributed by atoms with van der Waals surface area (Å²) in [6.07, 6.45) is 0. The summed E-state index contributed by atoms with van der Waals surface area (Å²) in [6.45, 7) is 26.1. The van der Waals surface area contributed by atoms with Crippen LogP contribution in [0, 0.1) is 0 Å². The zero-order valence-corrected chi connectivity index (χ0v) is 47.1. The SMILES string of the molecule is CC(C)(C)c1ccc(-c2cc3c(c4c2oc2ccccc24)-c2ccc(N(c4ccc5c(c4)C(C)(C)c4ccccc4-5)c4ccc5c(c4)C(C)(C)c4cc6c(cc4-5)C(C)(C)c4ccc5oc7ccccc7c5c4-6)cc2C3(C)C)cc1. The fourth-order valence-corrected chi connectivity index (χ4v) is 15.3. The normalized spacial score (nSPS) is 16.2. The van der Waals surface area contributed by atoms with Gasteiger partial charge in [0.15, 0.2) is 0 Å². The van der Waals surface area contributed by atoms with Crippen molar-refractivity contribution in [2.45, 2.75) is 103 Å². The lowest BCUT2D eigenvalue weighted by atomic mass is 9.79. The van der Waals surface area contributed by atoms with E-state index in [-0.39, 0.29) is 27.1 Å². The number of nitrogens with zero attached hydrogens (tertiary/aromatic N) is 1. The molecule has 0 radical (unpaired) electrons. The molecular formula is C76H63NO2. The van der Waals surface area contributed by atoms with Gasteiger partial charge in [0.25, 0.3) is 0 Å². The first-order valence-electron chi connectivity index (χ1n) is 28.4. The second-order valence-electron chi connectivity index (χ2n) is 26.4. The molecule has 3 nitrogen and oxygen atoms in total. The molecule has 4 aliphatic carbocycles. The van der Waals surface area contributed by atoms with Gasteiger partial charge in [0.05, 0.1) is 0 Å². The summed E-state index contributed by atoms with van der Waals surface area (Å²) < 4.78 is 13.5. The van der Waals surface area contributed by atoms with Crippen LogP contribution >= 0.6 is 0 Å². The number of hydrogen-bond donors (Lipinski definition) is 0. The lowest BCUT2D eigenvalue weighted by molar-refractivity contribution is 0.590. The number of rotatable bonds is 4. The maximum absolute atomic E-state index is 6.94. The fraction of sp³-hybridized carbons (Fsp3) is 0.211. The summed E-state index contributed by atoms with van der Waals surface area (Å²) in [6, 6.07) is 69.1. The van der Waals surface area contributed by atoms with Gasteiger partial charge in [-0.05, 0) is 178 Å². The second-order valence-corrected chi connectivity index (χ2v) is 26.4. The Bertz CT molecular complexity index is 4690. The van der Waals surface area contributed by atoms with Crippen molar-refractivity contribution < 1.29 is 8.83 Å². The van der Waals surface area contributed by atoms with Gasteiger partial charge in [-0.3, -0.25) is 0 Å². The van der Waals surface area contributed by atoms with E-state index in [9.17, 15) is 0 Å². The van der Waals surface area contributed by atoms with E-state index in [0.717, 1.165) is 50.3 Å². The molecule has 0 fully saturated rings. The van der Waals surface area contributed by atoms with Crippen LogP contribution in [-0.2, 0) is 27.1 Å². The zero-order valence-electron chi connectivity index (χ0n) is 47.1. The van der Waals surface area contributed by atoms with E-state index >= 15 is 0 Å². The first-order valence-corrected chi connectivity index (χ1v) is 28.4. The summed E-state index contributed by atoms with van der Waals surface area (Å²) in [5, 5.41) is 4.75. The number of anilines is 3. The monoisotopic (exact) mass is 1020 g/mol. The van der Waals surface area contributed by atoms with Crippen molar-refractivity contribution in [1.29, 1.82) is 0 Å². The number of furan rings is 2. The molecule has 0 aliphatic heterocycles. The third-order valence-electron chi connectivity index (χ3n) is 19.6. The predicted octanol–water partition coefficient (Wildman–Crippen LogP) is 21.1. The number of fused-ring (bicyclic) bond motifs is 20. The molecule has 4 aliphatic rings. The van der Waals surface area contributed by atoms with E-state index < -0.39 is 0 Å². The Kier molecular flexibility index (Phi) is 9.00. The lowest BCUT2D eigenvalue weighted by Gasteiger charge is -2.31. The standard InChI is InChI=1S/C76H63NO2/c1-72(2,3)43-26-24-42(25-27-43)53-39-63-67(70-52-20-14-17-23-65(52)79-71(53)70)50-33-30-46(38-60(50)76(63,10)11)77(44-28-31-48-47-18-12-15-21-56(47)73(4,5)58(48)36-44)45-29-32-49-54-40-62-55(41-61(54)75(8,9)59(49)37-45)68-57(74(62,6)7)34-35-66-69(68)51-19-13-16-22-64(51)78-66/h12-41H,1-11H3.